The lowest BCUT2D eigenvalue weighted by Crippen LogP contribution is -2.41. The van der Waals surface area contributed by atoms with Gasteiger partial charge >= 0.3 is 0 Å². The molecule has 0 aliphatic rings. The van der Waals surface area contributed by atoms with E-state index >= 15 is 0 Å². The summed E-state index contributed by atoms with van der Waals surface area (Å²) in [6.45, 7) is 8.93. The summed E-state index contributed by atoms with van der Waals surface area (Å²) >= 11 is 0. The van der Waals surface area contributed by atoms with E-state index in [1.165, 1.54) is 11.1 Å². The summed E-state index contributed by atoms with van der Waals surface area (Å²) < 4.78 is 6.09. The van der Waals surface area contributed by atoms with Gasteiger partial charge in [0.2, 0.25) is 0 Å². The Balaban J connectivity index is 1.95. The van der Waals surface area contributed by atoms with Crippen LogP contribution in [-0.4, -0.2) is 12.1 Å². The van der Waals surface area contributed by atoms with Crippen LogP contribution in [0.1, 0.15) is 37.4 Å². The average Bonchev–Trinajstić information content (AvgIpc) is 2.62. The monoisotopic (exact) mass is 309 g/mol. The van der Waals surface area contributed by atoms with Crippen LogP contribution >= 0.6 is 0 Å². The van der Waals surface area contributed by atoms with E-state index in [4.69, 9.17) is 4.74 Å². The van der Waals surface area contributed by atoms with Gasteiger partial charge in [0.1, 0.15) is 0 Å². The Hall–Kier alpha value is -1.90. The lowest BCUT2D eigenvalue weighted by molar-refractivity contribution is 0.0424. The van der Waals surface area contributed by atoms with Crippen molar-refractivity contribution in [1.29, 1.82) is 0 Å². The molecule has 23 heavy (non-hydrogen) atoms. The fourth-order valence-corrected chi connectivity index (χ4v) is 2.72. The first-order chi connectivity index (χ1) is 11.2. The number of ether oxygens (including phenoxy) is 1. The van der Waals surface area contributed by atoms with Crippen LogP contribution in [0, 0.1) is 0 Å². The van der Waals surface area contributed by atoms with E-state index in [2.05, 4.69) is 62.1 Å². The summed E-state index contributed by atoms with van der Waals surface area (Å²) in [6.07, 6.45) is 2.89. The summed E-state index contributed by atoms with van der Waals surface area (Å²) in [7, 11) is 0. The van der Waals surface area contributed by atoms with Crippen molar-refractivity contribution in [2.24, 2.45) is 0 Å². The molecule has 0 bridgehead atoms. The molecule has 0 radical (unpaired) electrons. The predicted molar refractivity (Wildman–Crippen MR) is 97.3 cm³/mol. The highest BCUT2D eigenvalue weighted by molar-refractivity contribution is 5.18. The molecule has 0 aliphatic carbocycles. The first kappa shape index (κ1) is 17.5. The fourth-order valence-electron chi connectivity index (χ4n) is 2.72. The van der Waals surface area contributed by atoms with Gasteiger partial charge in [0.15, 0.2) is 0 Å². The third kappa shape index (κ3) is 5.34. The Morgan fingerprint density at radius 2 is 1.65 bits per heavy atom. The molecule has 0 aromatic heterocycles. The van der Waals surface area contributed by atoms with Gasteiger partial charge < -0.3 is 10.1 Å². The van der Waals surface area contributed by atoms with E-state index in [0.717, 1.165) is 6.42 Å². The number of hydrogen-bond donors (Lipinski definition) is 1. The number of hydrogen-bond acceptors (Lipinski definition) is 2. The molecule has 0 saturated heterocycles. The smallest absolute Gasteiger partial charge is 0.0910 e. The molecule has 0 unspecified atom stereocenters. The van der Waals surface area contributed by atoms with Crippen LogP contribution in [0.25, 0.3) is 0 Å². The molecule has 2 rings (SSSR count). The van der Waals surface area contributed by atoms with E-state index in [1.54, 1.807) is 0 Å². The van der Waals surface area contributed by atoms with Gasteiger partial charge in [-0.15, -0.1) is 6.58 Å². The van der Waals surface area contributed by atoms with Crippen molar-refractivity contribution in [3.63, 3.8) is 0 Å². The lowest BCUT2D eigenvalue weighted by Gasteiger charge is -2.28. The molecule has 0 aliphatic heterocycles. The maximum absolute atomic E-state index is 6.09. The molecule has 0 spiro atoms. The van der Waals surface area contributed by atoms with Gasteiger partial charge in [0.25, 0.3) is 0 Å². The molecule has 2 heteroatoms. The molecule has 1 N–H and O–H groups in total. The van der Waals surface area contributed by atoms with Crippen LogP contribution in [0.4, 0.5) is 0 Å². The van der Waals surface area contributed by atoms with E-state index in [0.29, 0.717) is 6.61 Å². The van der Waals surface area contributed by atoms with E-state index in [9.17, 15) is 0 Å². The highest BCUT2D eigenvalue weighted by Gasteiger charge is 2.20. The minimum absolute atomic E-state index is 0.00799. The standard InChI is InChI=1S/C21H27NO/c1-4-20(22-17(3)19-14-10-7-11-15-19)21(5-2)23-16-18-12-8-6-9-13-18/h5-15,17,20-22H,2,4,16H2,1,3H3/t17-,20-,21-/m1/s1. The van der Waals surface area contributed by atoms with Gasteiger partial charge in [-0.2, -0.15) is 0 Å². The number of rotatable bonds is 9. The Labute approximate surface area is 140 Å². The van der Waals surface area contributed by atoms with Crippen LogP contribution in [0.2, 0.25) is 0 Å². The van der Waals surface area contributed by atoms with Crippen molar-refractivity contribution in [3.05, 3.63) is 84.4 Å². The Morgan fingerprint density at radius 3 is 2.22 bits per heavy atom. The highest BCUT2D eigenvalue weighted by atomic mass is 16.5. The van der Waals surface area contributed by atoms with Crippen molar-refractivity contribution >= 4 is 0 Å². The zero-order chi connectivity index (χ0) is 16.5. The van der Waals surface area contributed by atoms with Gasteiger partial charge in [0.05, 0.1) is 12.7 Å². The molecule has 0 fully saturated rings. The normalized spacial score (nSPS) is 14.9. The van der Waals surface area contributed by atoms with E-state index in [1.807, 2.05) is 30.3 Å². The fraction of sp³-hybridized carbons (Fsp3) is 0.333. The van der Waals surface area contributed by atoms with Crippen molar-refractivity contribution in [1.82, 2.24) is 5.32 Å². The predicted octanol–water partition coefficient (Wildman–Crippen LogP) is 4.89. The largest absolute Gasteiger partial charge is 0.368 e. The van der Waals surface area contributed by atoms with E-state index < -0.39 is 0 Å². The quantitative estimate of drug-likeness (QED) is 0.666. The molecule has 2 nitrogen and oxygen atoms in total. The molecular formula is C21H27NO. The average molecular weight is 309 g/mol. The maximum atomic E-state index is 6.09. The summed E-state index contributed by atoms with van der Waals surface area (Å²) in [5.41, 5.74) is 2.47. The molecular weight excluding hydrogens is 282 g/mol. The zero-order valence-corrected chi connectivity index (χ0v) is 14.1. The van der Waals surface area contributed by atoms with Crippen LogP contribution in [0.15, 0.2) is 73.3 Å². The first-order valence-electron chi connectivity index (χ1n) is 8.33. The summed E-state index contributed by atoms with van der Waals surface area (Å²) in [4.78, 5) is 0. The van der Waals surface area contributed by atoms with Crippen LogP contribution in [-0.2, 0) is 11.3 Å². The van der Waals surface area contributed by atoms with Crippen molar-refractivity contribution in [3.8, 4) is 0 Å². The Kier molecular flexibility index (Phi) is 7.05. The SMILES string of the molecule is C=C[C@@H](OCc1ccccc1)[C@@H](CC)N[C@H](C)c1ccccc1. The molecule has 3 atom stereocenters. The molecule has 2 aromatic carbocycles. The van der Waals surface area contributed by atoms with Gasteiger partial charge in [-0.25, -0.2) is 0 Å². The molecule has 0 amide bonds. The Bertz CT molecular complexity index is 567. The maximum Gasteiger partial charge on any atom is 0.0910 e. The Morgan fingerprint density at radius 1 is 1.04 bits per heavy atom. The summed E-state index contributed by atoms with van der Waals surface area (Å²) in [6, 6.07) is 21.3. The topological polar surface area (TPSA) is 21.3 Å². The third-order valence-corrected chi connectivity index (χ3v) is 4.12. The lowest BCUT2D eigenvalue weighted by atomic mass is 10.0. The van der Waals surface area contributed by atoms with Crippen molar-refractivity contribution in [2.75, 3.05) is 0 Å². The second-order valence-electron chi connectivity index (χ2n) is 5.81. The van der Waals surface area contributed by atoms with Gasteiger partial charge in [0, 0.05) is 12.1 Å². The third-order valence-electron chi connectivity index (χ3n) is 4.12. The number of nitrogens with one attached hydrogen (secondary N) is 1. The van der Waals surface area contributed by atoms with Crippen molar-refractivity contribution < 1.29 is 4.74 Å². The second-order valence-corrected chi connectivity index (χ2v) is 5.81. The van der Waals surface area contributed by atoms with Crippen LogP contribution in [0.5, 0.6) is 0 Å². The van der Waals surface area contributed by atoms with E-state index in [-0.39, 0.29) is 18.2 Å². The van der Waals surface area contributed by atoms with Crippen molar-refractivity contribution in [2.45, 2.75) is 45.1 Å². The van der Waals surface area contributed by atoms with Gasteiger partial charge in [-0.1, -0.05) is 73.7 Å². The molecule has 0 saturated carbocycles. The van der Waals surface area contributed by atoms with Crippen LogP contribution < -0.4 is 5.32 Å². The number of benzene rings is 2. The molecule has 122 valence electrons. The molecule has 0 heterocycles. The minimum Gasteiger partial charge on any atom is -0.368 e. The summed E-state index contributed by atoms with van der Waals surface area (Å²) in [5, 5.41) is 3.67. The zero-order valence-electron chi connectivity index (χ0n) is 14.1. The first-order valence-corrected chi connectivity index (χ1v) is 8.33. The van der Waals surface area contributed by atoms with Crippen LogP contribution in [0.3, 0.4) is 0 Å². The van der Waals surface area contributed by atoms with Gasteiger partial charge in [-0.3, -0.25) is 0 Å². The summed E-state index contributed by atoms with van der Waals surface area (Å²) in [5.74, 6) is 0. The second kappa shape index (κ2) is 9.29. The molecule has 2 aromatic rings. The minimum atomic E-state index is -0.00799. The van der Waals surface area contributed by atoms with Gasteiger partial charge in [-0.05, 0) is 24.5 Å². The highest BCUT2D eigenvalue weighted by Crippen LogP contribution is 2.16.